The number of amides is 1. The Kier molecular flexibility index (Phi) is 3.51. The average molecular weight is 255 g/mol. The summed E-state index contributed by atoms with van der Waals surface area (Å²) in [7, 11) is 1.73. The Morgan fingerprint density at radius 3 is 2.79 bits per heavy atom. The molecule has 2 rings (SSSR count). The molecular formula is C15H17N3O. The highest BCUT2D eigenvalue weighted by Gasteiger charge is 2.15. The maximum absolute atomic E-state index is 12.2. The second kappa shape index (κ2) is 5.10. The van der Waals surface area contributed by atoms with Gasteiger partial charge in [-0.3, -0.25) is 4.79 Å². The van der Waals surface area contributed by atoms with Gasteiger partial charge in [0.1, 0.15) is 5.69 Å². The van der Waals surface area contributed by atoms with Gasteiger partial charge in [-0.15, -0.1) is 0 Å². The Morgan fingerprint density at radius 2 is 2.11 bits per heavy atom. The van der Waals surface area contributed by atoms with Gasteiger partial charge in [0.15, 0.2) is 0 Å². The maximum atomic E-state index is 12.2. The molecule has 0 aliphatic carbocycles. The minimum absolute atomic E-state index is 0.152. The van der Waals surface area contributed by atoms with Gasteiger partial charge >= 0.3 is 0 Å². The number of pyridine rings is 1. The number of carbonyl (C=O) groups is 1. The van der Waals surface area contributed by atoms with E-state index in [1.54, 1.807) is 18.0 Å². The number of anilines is 1. The van der Waals surface area contributed by atoms with Crippen molar-refractivity contribution in [1.29, 1.82) is 0 Å². The van der Waals surface area contributed by atoms with Crippen molar-refractivity contribution in [3.05, 3.63) is 48.2 Å². The van der Waals surface area contributed by atoms with Crippen molar-refractivity contribution >= 4 is 22.5 Å². The monoisotopic (exact) mass is 255 g/mol. The van der Waals surface area contributed by atoms with Crippen molar-refractivity contribution in [3.63, 3.8) is 0 Å². The summed E-state index contributed by atoms with van der Waals surface area (Å²) < 4.78 is 0. The number of nitrogens with two attached hydrogens (primary N) is 1. The Balaban J connectivity index is 2.40. The second-order valence-electron chi connectivity index (χ2n) is 4.73. The molecule has 0 saturated heterocycles. The first-order chi connectivity index (χ1) is 8.99. The Morgan fingerprint density at radius 1 is 1.42 bits per heavy atom. The number of para-hydroxylation sites is 1. The zero-order valence-corrected chi connectivity index (χ0v) is 11.2. The summed E-state index contributed by atoms with van der Waals surface area (Å²) in [6.07, 6.45) is 0. The van der Waals surface area contributed by atoms with Gasteiger partial charge in [0.05, 0.1) is 5.52 Å². The van der Waals surface area contributed by atoms with Gasteiger partial charge in [-0.1, -0.05) is 30.4 Å². The lowest BCUT2D eigenvalue weighted by atomic mass is 10.1. The molecule has 0 radical (unpaired) electrons. The number of aromatic nitrogens is 1. The summed E-state index contributed by atoms with van der Waals surface area (Å²) in [5.41, 5.74) is 8.55. The van der Waals surface area contributed by atoms with Crippen LogP contribution in [0.3, 0.4) is 0 Å². The van der Waals surface area contributed by atoms with E-state index < -0.39 is 0 Å². The van der Waals surface area contributed by atoms with E-state index in [4.69, 9.17) is 5.73 Å². The molecule has 0 fully saturated rings. The van der Waals surface area contributed by atoms with Gasteiger partial charge in [0.25, 0.3) is 5.91 Å². The molecule has 0 unspecified atom stereocenters. The quantitative estimate of drug-likeness (QED) is 0.857. The second-order valence-corrected chi connectivity index (χ2v) is 4.73. The summed E-state index contributed by atoms with van der Waals surface area (Å²) in [6, 6.07) is 9.14. The summed E-state index contributed by atoms with van der Waals surface area (Å²) in [6.45, 7) is 6.19. The van der Waals surface area contributed by atoms with E-state index in [-0.39, 0.29) is 5.91 Å². The van der Waals surface area contributed by atoms with Crippen molar-refractivity contribution in [2.75, 3.05) is 19.3 Å². The molecule has 1 heterocycles. The van der Waals surface area contributed by atoms with E-state index >= 15 is 0 Å². The molecule has 0 atom stereocenters. The maximum Gasteiger partial charge on any atom is 0.272 e. The zero-order valence-electron chi connectivity index (χ0n) is 11.2. The van der Waals surface area contributed by atoms with Crippen molar-refractivity contribution in [2.24, 2.45) is 0 Å². The molecule has 19 heavy (non-hydrogen) atoms. The first-order valence-electron chi connectivity index (χ1n) is 6.04. The van der Waals surface area contributed by atoms with E-state index in [9.17, 15) is 4.79 Å². The third-order valence-electron chi connectivity index (χ3n) is 2.82. The van der Waals surface area contributed by atoms with Gasteiger partial charge in [-0.05, 0) is 19.1 Å². The van der Waals surface area contributed by atoms with E-state index in [0.717, 1.165) is 16.5 Å². The lowest BCUT2D eigenvalue weighted by Crippen LogP contribution is -2.29. The first-order valence-corrected chi connectivity index (χ1v) is 6.04. The van der Waals surface area contributed by atoms with Crippen LogP contribution < -0.4 is 5.73 Å². The molecule has 0 bridgehead atoms. The number of hydrogen-bond acceptors (Lipinski definition) is 3. The van der Waals surface area contributed by atoms with E-state index in [1.807, 2.05) is 31.2 Å². The fraction of sp³-hybridized carbons (Fsp3) is 0.200. The molecule has 0 aliphatic heterocycles. The Labute approximate surface area is 112 Å². The molecule has 0 spiro atoms. The third-order valence-corrected chi connectivity index (χ3v) is 2.82. The van der Waals surface area contributed by atoms with Gasteiger partial charge in [-0.25, -0.2) is 4.98 Å². The highest BCUT2D eigenvalue weighted by Crippen LogP contribution is 2.20. The summed E-state index contributed by atoms with van der Waals surface area (Å²) in [5, 5.41) is 0.863. The number of carbonyl (C=O) groups excluding carboxylic acids is 1. The number of fused-ring (bicyclic) bond motifs is 1. The zero-order chi connectivity index (χ0) is 14.0. The standard InChI is InChI=1S/C15H17N3O/c1-10(2)9-18(3)15(19)14-8-12(16)11-6-4-5-7-13(11)17-14/h4-8H,1,9H2,2-3H3,(H2,16,17). The number of nitrogen functional groups attached to an aromatic ring is 1. The van der Waals surface area contributed by atoms with Crippen LogP contribution in [0.15, 0.2) is 42.5 Å². The smallest absolute Gasteiger partial charge is 0.272 e. The highest BCUT2D eigenvalue weighted by atomic mass is 16.2. The van der Waals surface area contributed by atoms with Crippen LogP contribution in [0.25, 0.3) is 10.9 Å². The molecule has 2 aromatic rings. The number of rotatable bonds is 3. The molecule has 2 N–H and O–H groups in total. The van der Waals surface area contributed by atoms with Gasteiger partial charge < -0.3 is 10.6 Å². The van der Waals surface area contributed by atoms with E-state index in [1.165, 1.54) is 0 Å². The van der Waals surface area contributed by atoms with Crippen LogP contribution in [-0.4, -0.2) is 29.4 Å². The number of nitrogens with zero attached hydrogens (tertiary/aromatic N) is 2. The predicted molar refractivity (Wildman–Crippen MR) is 77.9 cm³/mol. The largest absolute Gasteiger partial charge is 0.398 e. The van der Waals surface area contributed by atoms with Crippen LogP contribution in [-0.2, 0) is 0 Å². The van der Waals surface area contributed by atoms with E-state index in [2.05, 4.69) is 11.6 Å². The summed E-state index contributed by atoms with van der Waals surface area (Å²) >= 11 is 0. The lowest BCUT2D eigenvalue weighted by molar-refractivity contribution is 0.0801. The van der Waals surface area contributed by atoms with Crippen LogP contribution in [0.4, 0.5) is 5.69 Å². The molecule has 98 valence electrons. The third kappa shape index (κ3) is 2.73. The fourth-order valence-electron chi connectivity index (χ4n) is 1.98. The van der Waals surface area contributed by atoms with Crippen LogP contribution in [0, 0.1) is 0 Å². The Hall–Kier alpha value is -2.36. The van der Waals surface area contributed by atoms with Crippen LogP contribution in [0.5, 0.6) is 0 Å². The van der Waals surface area contributed by atoms with Crippen molar-refractivity contribution in [2.45, 2.75) is 6.92 Å². The molecule has 0 saturated carbocycles. The minimum atomic E-state index is -0.152. The first kappa shape index (κ1) is 13.1. The normalized spacial score (nSPS) is 10.4. The molecule has 4 heteroatoms. The molecule has 1 amide bonds. The molecule has 1 aromatic carbocycles. The topological polar surface area (TPSA) is 59.2 Å². The number of likely N-dealkylation sites (N-methyl/N-ethyl adjacent to an activating group) is 1. The SMILES string of the molecule is C=C(C)CN(C)C(=O)c1cc(N)c2ccccc2n1. The lowest BCUT2D eigenvalue weighted by Gasteiger charge is -2.17. The van der Waals surface area contributed by atoms with Crippen LogP contribution in [0.1, 0.15) is 17.4 Å². The minimum Gasteiger partial charge on any atom is -0.398 e. The van der Waals surface area contributed by atoms with Gasteiger partial charge in [0, 0.05) is 24.7 Å². The van der Waals surface area contributed by atoms with Crippen molar-refractivity contribution in [1.82, 2.24) is 9.88 Å². The molecular weight excluding hydrogens is 238 g/mol. The molecule has 4 nitrogen and oxygen atoms in total. The van der Waals surface area contributed by atoms with Crippen LogP contribution >= 0.6 is 0 Å². The highest BCUT2D eigenvalue weighted by molar-refractivity contribution is 5.99. The average Bonchev–Trinajstić information content (AvgIpc) is 2.37. The van der Waals surface area contributed by atoms with Crippen molar-refractivity contribution in [3.8, 4) is 0 Å². The Bertz CT molecular complexity index is 649. The van der Waals surface area contributed by atoms with Crippen LogP contribution in [0.2, 0.25) is 0 Å². The number of benzene rings is 1. The molecule has 0 aliphatic rings. The summed E-state index contributed by atoms with van der Waals surface area (Å²) in [4.78, 5) is 18.2. The summed E-state index contributed by atoms with van der Waals surface area (Å²) in [5.74, 6) is -0.152. The predicted octanol–water partition coefficient (Wildman–Crippen LogP) is 2.47. The van der Waals surface area contributed by atoms with Crippen molar-refractivity contribution < 1.29 is 4.79 Å². The number of hydrogen-bond donors (Lipinski definition) is 1. The van der Waals surface area contributed by atoms with E-state index in [0.29, 0.717) is 17.9 Å². The fourth-order valence-corrected chi connectivity index (χ4v) is 1.98. The van der Waals surface area contributed by atoms with Gasteiger partial charge in [-0.2, -0.15) is 0 Å². The molecule has 1 aromatic heterocycles. The van der Waals surface area contributed by atoms with Gasteiger partial charge in [0.2, 0.25) is 0 Å².